The highest BCUT2D eigenvalue weighted by Gasteiger charge is 2.07. The van der Waals surface area contributed by atoms with Gasteiger partial charge >= 0.3 is 5.97 Å². The molecular weight excluding hydrogens is 330 g/mol. The fraction of sp³-hybridized carbons (Fsp3) is 0.385. The standard InChI is InChI=1S/C13H16BrNO3S/c1-3-18-13(17)8-19-7-12(16)15-10-5-4-9(2)11(14)6-10/h4-6H,3,7-8H2,1-2H3,(H,15,16). The molecule has 0 spiro atoms. The third-order valence-corrected chi connectivity index (χ3v) is 3.97. The van der Waals surface area contributed by atoms with Crippen LogP contribution in [0.1, 0.15) is 12.5 Å². The molecular formula is C13H16BrNO3S. The van der Waals surface area contributed by atoms with E-state index in [0.29, 0.717) is 6.61 Å². The van der Waals surface area contributed by atoms with Crippen LogP contribution in [0.15, 0.2) is 22.7 Å². The lowest BCUT2D eigenvalue weighted by Gasteiger charge is -2.07. The number of esters is 1. The van der Waals surface area contributed by atoms with Crippen LogP contribution < -0.4 is 5.32 Å². The number of ether oxygens (including phenoxy) is 1. The maximum Gasteiger partial charge on any atom is 0.315 e. The molecule has 0 fully saturated rings. The lowest BCUT2D eigenvalue weighted by Crippen LogP contribution is -2.16. The molecule has 1 aromatic rings. The zero-order valence-electron chi connectivity index (χ0n) is 10.9. The van der Waals surface area contributed by atoms with Gasteiger partial charge in [-0.3, -0.25) is 9.59 Å². The van der Waals surface area contributed by atoms with Crippen molar-refractivity contribution in [2.24, 2.45) is 0 Å². The number of rotatable bonds is 6. The van der Waals surface area contributed by atoms with E-state index in [9.17, 15) is 9.59 Å². The molecule has 0 aliphatic carbocycles. The monoisotopic (exact) mass is 345 g/mol. The smallest absolute Gasteiger partial charge is 0.315 e. The van der Waals surface area contributed by atoms with Crippen molar-refractivity contribution in [3.63, 3.8) is 0 Å². The molecule has 0 saturated heterocycles. The Morgan fingerprint density at radius 2 is 2.11 bits per heavy atom. The zero-order valence-corrected chi connectivity index (χ0v) is 13.3. The molecule has 0 aliphatic rings. The van der Waals surface area contributed by atoms with Crippen molar-refractivity contribution >= 4 is 45.3 Å². The second-order valence-electron chi connectivity index (χ2n) is 3.81. The van der Waals surface area contributed by atoms with Gasteiger partial charge < -0.3 is 10.1 Å². The van der Waals surface area contributed by atoms with Gasteiger partial charge in [-0.05, 0) is 31.5 Å². The number of anilines is 1. The van der Waals surface area contributed by atoms with Gasteiger partial charge in [0.25, 0.3) is 0 Å². The van der Waals surface area contributed by atoms with Crippen molar-refractivity contribution in [2.45, 2.75) is 13.8 Å². The van der Waals surface area contributed by atoms with Crippen molar-refractivity contribution in [3.05, 3.63) is 28.2 Å². The zero-order chi connectivity index (χ0) is 14.3. The number of benzene rings is 1. The summed E-state index contributed by atoms with van der Waals surface area (Å²) in [6, 6.07) is 5.61. The molecule has 1 aromatic carbocycles. The highest BCUT2D eigenvalue weighted by atomic mass is 79.9. The first kappa shape index (κ1) is 16.0. The van der Waals surface area contributed by atoms with Crippen LogP contribution in [0.3, 0.4) is 0 Å². The Morgan fingerprint density at radius 1 is 1.37 bits per heavy atom. The molecule has 0 aliphatic heterocycles. The van der Waals surface area contributed by atoms with Crippen molar-refractivity contribution in [2.75, 3.05) is 23.4 Å². The average Bonchev–Trinajstić information content (AvgIpc) is 2.34. The molecule has 6 heteroatoms. The molecule has 1 N–H and O–H groups in total. The number of halogens is 1. The first-order chi connectivity index (χ1) is 9.02. The third-order valence-electron chi connectivity index (χ3n) is 2.21. The van der Waals surface area contributed by atoms with E-state index in [0.717, 1.165) is 15.7 Å². The number of nitrogens with one attached hydrogen (secondary N) is 1. The van der Waals surface area contributed by atoms with E-state index in [1.165, 1.54) is 11.8 Å². The van der Waals surface area contributed by atoms with Crippen LogP contribution in [0.4, 0.5) is 5.69 Å². The third kappa shape index (κ3) is 6.11. The van der Waals surface area contributed by atoms with E-state index in [1.54, 1.807) is 6.92 Å². The molecule has 0 unspecified atom stereocenters. The Labute approximate surface area is 125 Å². The van der Waals surface area contributed by atoms with Crippen molar-refractivity contribution in [3.8, 4) is 0 Å². The predicted octanol–water partition coefficient (Wildman–Crippen LogP) is 2.99. The van der Waals surface area contributed by atoms with Gasteiger partial charge in [0.05, 0.1) is 18.1 Å². The van der Waals surface area contributed by atoms with E-state index in [-0.39, 0.29) is 23.4 Å². The molecule has 0 bridgehead atoms. The first-order valence-corrected chi connectivity index (χ1v) is 7.77. The van der Waals surface area contributed by atoms with Gasteiger partial charge in [-0.2, -0.15) is 0 Å². The summed E-state index contributed by atoms with van der Waals surface area (Å²) in [7, 11) is 0. The first-order valence-electron chi connectivity index (χ1n) is 5.82. The molecule has 1 rings (SSSR count). The van der Waals surface area contributed by atoms with Gasteiger partial charge in [-0.25, -0.2) is 0 Å². The quantitative estimate of drug-likeness (QED) is 0.805. The van der Waals surface area contributed by atoms with Gasteiger partial charge in [-0.1, -0.05) is 22.0 Å². The Kier molecular flexibility index (Phi) is 6.94. The largest absolute Gasteiger partial charge is 0.465 e. The Hall–Kier alpha value is -1.01. The van der Waals surface area contributed by atoms with E-state index < -0.39 is 0 Å². The number of amides is 1. The van der Waals surface area contributed by atoms with Crippen LogP contribution >= 0.6 is 27.7 Å². The van der Waals surface area contributed by atoms with E-state index in [2.05, 4.69) is 21.2 Å². The minimum absolute atomic E-state index is 0.134. The number of thioether (sulfide) groups is 1. The summed E-state index contributed by atoms with van der Waals surface area (Å²) in [6.07, 6.45) is 0. The number of carbonyl (C=O) groups is 2. The topological polar surface area (TPSA) is 55.4 Å². The molecule has 4 nitrogen and oxygen atoms in total. The van der Waals surface area contributed by atoms with Crippen LogP contribution in [0, 0.1) is 6.92 Å². The summed E-state index contributed by atoms with van der Waals surface area (Å²) < 4.78 is 5.72. The van der Waals surface area contributed by atoms with Crippen LogP contribution in [0.25, 0.3) is 0 Å². The highest BCUT2D eigenvalue weighted by molar-refractivity contribution is 9.10. The fourth-order valence-corrected chi connectivity index (χ4v) is 2.29. The highest BCUT2D eigenvalue weighted by Crippen LogP contribution is 2.20. The average molecular weight is 346 g/mol. The summed E-state index contributed by atoms with van der Waals surface area (Å²) >= 11 is 4.64. The number of hydrogen-bond donors (Lipinski definition) is 1. The van der Waals surface area contributed by atoms with Gasteiger partial charge in [0.1, 0.15) is 0 Å². The van der Waals surface area contributed by atoms with Gasteiger partial charge in [-0.15, -0.1) is 11.8 Å². The van der Waals surface area contributed by atoms with Gasteiger partial charge in [0, 0.05) is 10.2 Å². The maximum atomic E-state index is 11.6. The molecule has 0 radical (unpaired) electrons. The number of aryl methyl sites for hydroxylation is 1. The summed E-state index contributed by atoms with van der Waals surface area (Å²) in [5.74, 6) is -0.00757. The molecule has 0 saturated carbocycles. The normalized spacial score (nSPS) is 10.1. The van der Waals surface area contributed by atoms with Gasteiger partial charge in [0.2, 0.25) is 5.91 Å². The van der Waals surface area contributed by atoms with Gasteiger partial charge in [0.15, 0.2) is 0 Å². The Morgan fingerprint density at radius 3 is 2.74 bits per heavy atom. The second-order valence-corrected chi connectivity index (χ2v) is 5.65. The second kappa shape index (κ2) is 8.22. The Balaban J connectivity index is 2.35. The molecule has 0 heterocycles. The van der Waals surface area contributed by atoms with Crippen LogP contribution in [0.5, 0.6) is 0 Å². The summed E-state index contributed by atoms with van der Waals surface area (Å²) in [5.41, 5.74) is 1.84. The number of hydrogen-bond acceptors (Lipinski definition) is 4. The van der Waals surface area contributed by atoms with Crippen LogP contribution in [0.2, 0.25) is 0 Å². The SMILES string of the molecule is CCOC(=O)CSCC(=O)Nc1ccc(C)c(Br)c1. The van der Waals surface area contributed by atoms with Crippen LogP contribution in [-0.4, -0.2) is 30.0 Å². The summed E-state index contributed by atoms with van der Waals surface area (Å²) in [6.45, 7) is 4.10. The van der Waals surface area contributed by atoms with E-state index in [4.69, 9.17) is 4.74 Å². The van der Waals surface area contributed by atoms with Crippen molar-refractivity contribution < 1.29 is 14.3 Å². The maximum absolute atomic E-state index is 11.6. The minimum Gasteiger partial charge on any atom is -0.465 e. The predicted molar refractivity (Wildman–Crippen MR) is 81.5 cm³/mol. The van der Waals surface area contributed by atoms with Crippen molar-refractivity contribution in [1.29, 1.82) is 0 Å². The number of carbonyl (C=O) groups excluding carboxylic acids is 2. The molecule has 104 valence electrons. The summed E-state index contributed by atoms with van der Waals surface area (Å²) in [5, 5.41) is 2.77. The summed E-state index contributed by atoms with van der Waals surface area (Å²) in [4.78, 5) is 22.7. The molecule has 1 amide bonds. The van der Waals surface area contributed by atoms with Crippen LogP contribution in [-0.2, 0) is 14.3 Å². The van der Waals surface area contributed by atoms with E-state index >= 15 is 0 Å². The van der Waals surface area contributed by atoms with Crippen molar-refractivity contribution in [1.82, 2.24) is 0 Å². The molecule has 0 atom stereocenters. The molecule has 19 heavy (non-hydrogen) atoms. The Bertz CT molecular complexity index is 465. The lowest BCUT2D eigenvalue weighted by molar-refractivity contribution is -0.139. The fourth-order valence-electron chi connectivity index (χ4n) is 1.30. The molecule has 0 aromatic heterocycles. The lowest BCUT2D eigenvalue weighted by atomic mass is 10.2. The minimum atomic E-state index is -0.293. The van der Waals surface area contributed by atoms with E-state index in [1.807, 2.05) is 25.1 Å².